The number of hydrogen-bond acceptors (Lipinski definition) is 2. The fraction of sp³-hybridized carbons (Fsp3) is 1.00. The van der Waals surface area contributed by atoms with Crippen molar-refractivity contribution in [3.8, 4) is 0 Å². The van der Waals surface area contributed by atoms with Crippen molar-refractivity contribution in [1.82, 2.24) is 10.2 Å². The van der Waals surface area contributed by atoms with Crippen molar-refractivity contribution < 1.29 is 0 Å². The van der Waals surface area contributed by atoms with Crippen LogP contribution < -0.4 is 5.32 Å². The molecule has 1 saturated heterocycles. The van der Waals surface area contributed by atoms with Gasteiger partial charge in [0.25, 0.3) is 0 Å². The van der Waals surface area contributed by atoms with Gasteiger partial charge in [-0.05, 0) is 51.2 Å². The zero-order valence-corrected chi connectivity index (χ0v) is 12.9. The molecule has 1 aliphatic heterocycles. The molecule has 18 heavy (non-hydrogen) atoms. The van der Waals surface area contributed by atoms with Crippen LogP contribution in [0.1, 0.15) is 65.7 Å². The molecule has 0 amide bonds. The monoisotopic (exact) mass is 254 g/mol. The predicted octanol–water partition coefficient (Wildman–Crippen LogP) is 3.67. The average Bonchev–Trinajstić information content (AvgIpc) is 2.39. The molecular formula is C16H34N2. The van der Waals surface area contributed by atoms with Crippen LogP contribution in [-0.4, -0.2) is 37.1 Å². The van der Waals surface area contributed by atoms with Crippen molar-refractivity contribution in [1.29, 1.82) is 0 Å². The van der Waals surface area contributed by atoms with Crippen LogP contribution in [0.5, 0.6) is 0 Å². The van der Waals surface area contributed by atoms with E-state index in [1.807, 2.05) is 0 Å². The number of piperidine rings is 1. The minimum absolute atomic E-state index is 0.720. The first-order valence-electron chi connectivity index (χ1n) is 8.25. The molecule has 108 valence electrons. The third-order valence-electron chi connectivity index (χ3n) is 4.20. The van der Waals surface area contributed by atoms with Crippen molar-refractivity contribution in [3.63, 3.8) is 0 Å². The largest absolute Gasteiger partial charge is 0.313 e. The highest BCUT2D eigenvalue weighted by molar-refractivity contribution is 4.77. The fourth-order valence-electron chi connectivity index (χ4n) is 3.13. The van der Waals surface area contributed by atoms with Gasteiger partial charge in [-0.2, -0.15) is 0 Å². The van der Waals surface area contributed by atoms with E-state index in [-0.39, 0.29) is 0 Å². The Labute approximate surface area is 115 Å². The number of nitrogens with zero attached hydrogens (tertiary/aromatic N) is 1. The van der Waals surface area contributed by atoms with E-state index in [1.165, 1.54) is 71.1 Å². The Kier molecular flexibility index (Phi) is 8.70. The summed E-state index contributed by atoms with van der Waals surface area (Å²) in [6, 6.07) is 0.720. The second-order valence-corrected chi connectivity index (χ2v) is 5.97. The van der Waals surface area contributed by atoms with E-state index >= 15 is 0 Å². The Hall–Kier alpha value is -0.0800. The SMILES string of the molecule is CCCNC(CCC)CN1CCC(CCC)CC1. The van der Waals surface area contributed by atoms with Crippen molar-refractivity contribution in [2.75, 3.05) is 26.2 Å². The first-order valence-corrected chi connectivity index (χ1v) is 8.25. The van der Waals surface area contributed by atoms with Gasteiger partial charge in [0.2, 0.25) is 0 Å². The summed E-state index contributed by atoms with van der Waals surface area (Å²) in [7, 11) is 0. The van der Waals surface area contributed by atoms with E-state index in [4.69, 9.17) is 0 Å². The quantitative estimate of drug-likeness (QED) is 0.675. The predicted molar refractivity (Wildman–Crippen MR) is 81.1 cm³/mol. The van der Waals surface area contributed by atoms with E-state index < -0.39 is 0 Å². The van der Waals surface area contributed by atoms with E-state index in [2.05, 4.69) is 31.0 Å². The Bertz CT molecular complexity index is 186. The van der Waals surface area contributed by atoms with Crippen molar-refractivity contribution in [2.24, 2.45) is 5.92 Å². The molecule has 1 rings (SSSR count). The first kappa shape index (κ1) is 16.0. The Morgan fingerprint density at radius 1 is 1.06 bits per heavy atom. The molecule has 0 aromatic heterocycles. The molecule has 1 fully saturated rings. The Morgan fingerprint density at radius 3 is 2.33 bits per heavy atom. The molecule has 0 saturated carbocycles. The highest BCUT2D eigenvalue weighted by atomic mass is 15.2. The van der Waals surface area contributed by atoms with Gasteiger partial charge in [-0.25, -0.2) is 0 Å². The summed E-state index contributed by atoms with van der Waals surface area (Å²) in [5, 5.41) is 3.71. The minimum atomic E-state index is 0.720. The molecule has 0 radical (unpaired) electrons. The van der Waals surface area contributed by atoms with Gasteiger partial charge >= 0.3 is 0 Å². The van der Waals surface area contributed by atoms with Gasteiger partial charge in [0, 0.05) is 12.6 Å². The normalized spacial score (nSPS) is 20.2. The molecule has 1 heterocycles. The lowest BCUT2D eigenvalue weighted by atomic mass is 9.92. The summed E-state index contributed by atoms with van der Waals surface area (Å²) in [4.78, 5) is 2.69. The van der Waals surface area contributed by atoms with Gasteiger partial charge < -0.3 is 10.2 Å². The molecule has 1 unspecified atom stereocenters. The van der Waals surface area contributed by atoms with Gasteiger partial charge in [0.05, 0.1) is 0 Å². The maximum Gasteiger partial charge on any atom is 0.0194 e. The Balaban J connectivity index is 2.23. The van der Waals surface area contributed by atoms with Gasteiger partial charge in [-0.3, -0.25) is 0 Å². The van der Waals surface area contributed by atoms with Crippen LogP contribution >= 0.6 is 0 Å². The zero-order chi connectivity index (χ0) is 13.2. The number of likely N-dealkylation sites (tertiary alicyclic amines) is 1. The number of nitrogens with one attached hydrogen (secondary N) is 1. The van der Waals surface area contributed by atoms with E-state index in [0.29, 0.717) is 0 Å². The third-order valence-corrected chi connectivity index (χ3v) is 4.20. The molecule has 0 aromatic carbocycles. The lowest BCUT2D eigenvalue weighted by Gasteiger charge is -2.34. The highest BCUT2D eigenvalue weighted by Crippen LogP contribution is 2.21. The van der Waals surface area contributed by atoms with Crippen LogP contribution in [0.4, 0.5) is 0 Å². The summed E-state index contributed by atoms with van der Waals surface area (Å²) >= 11 is 0. The molecule has 1 aliphatic rings. The third kappa shape index (κ3) is 6.19. The second kappa shape index (κ2) is 9.80. The molecule has 0 spiro atoms. The molecule has 2 nitrogen and oxygen atoms in total. The topological polar surface area (TPSA) is 15.3 Å². The molecule has 0 bridgehead atoms. The van der Waals surface area contributed by atoms with Crippen molar-refractivity contribution in [3.05, 3.63) is 0 Å². The Morgan fingerprint density at radius 2 is 1.78 bits per heavy atom. The lowest BCUT2D eigenvalue weighted by Crippen LogP contribution is -2.44. The highest BCUT2D eigenvalue weighted by Gasteiger charge is 2.20. The smallest absolute Gasteiger partial charge is 0.0194 e. The van der Waals surface area contributed by atoms with Gasteiger partial charge in [0.1, 0.15) is 0 Å². The van der Waals surface area contributed by atoms with Crippen LogP contribution in [0, 0.1) is 5.92 Å². The summed E-state index contributed by atoms with van der Waals surface area (Å²) in [6.45, 7) is 12.0. The summed E-state index contributed by atoms with van der Waals surface area (Å²) in [6.07, 6.45) is 9.55. The molecule has 0 aromatic rings. The molecule has 0 aliphatic carbocycles. The molecular weight excluding hydrogens is 220 g/mol. The van der Waals surface area contributed by atoms with E-state index in [0.717, 1.165) is 12.0 Å². The van der Waals surface area contributed by atoms with Gasteiger partial charge in [-0.1, -0.05) is 40.0 Å². The summed E-state index contributed by atoms with van der Waals surface area (Å²) in [5.41, 5.74) is 0. The maximum atomic E-state index is 3.71. The lowest BCUT2D eigenvalue weighted by molar-refractivity contribution is 0.160. The molecule has 1 atom stereocenters. The van der Waals surface area contributed by atoms with Crippen LogP contribution in [0.25, 0.3) is 0 Å². The van der Waals surface area contributed by atoms with Crippen molar-refractivity contribution in [2.45, 2.75) is 71.8 Å². The minimum Gasteiger partial charge on any atom is -0.313 e. The number of hydrogen-bond donors (Lipinski definition) is 1. The average molecular weight is 254 g/mol. The maximum absolute atomic E-state index is 3.71. The summed E-state index contributed by atoms with van der Waals surface area (Å²) in [5.74, 6) is 1.01. The molecule has 2 heteroatoms. The number of rotatable bonds is 9. The second-order valence-electron chi connectivity index (χ2n) is 5.97. The first-order chi connectivity index (χ1) is 8.80. The van der Waals surface area contributed by atoms with E-state index in [9.17, 15) is 0 Å². The van der Waals surface area contributed by atoms with Crippen LogP contribution in [-0.2, 0) is 0 Å². The standard InChI is InChI=1S/C16H34N2/c1-4-7-15-9-12-18(13-10-15)14-16(8-5-2)17-11-6-3/h15-17H,4-14H2,1-3H3. The van der Waals surface area contributed by atoms with Crippen LogP contribution in [0.2, 0.25) is 0 Å². The van der Waals surface area contributed by atoms with E-state index in [1.54, 1.807) is 0 Å². The molecule has 1 N–H and O–H groups in total. The van der Waals surface area contributed by atoms with Crippen LogP contribution in [0.15, 0.2) is 0 Å². The summed E-state index contributed by atoms with van der Waals surface area (Å²) < 4.78 is 0. The van der Waals surface area contributed by atoms with Gasteiger partial charge in [-0.15, -0.1) is 0 Å². The fourth-order valence-corrected chi connectivity index (χ4v) is 3.13. The zero-order valence-electron chi connectivity index (χ0n) is 12.9. The van der Waals surface area contributed by atoms with Crippen LogP contribution in [0.3, 0.4) is 0 Å². The van der Waals surface area contributed by atoms with Gasteiger partial charge in [0.15, 0.2) is 0 Å². The van der Waals surface area contributed by atoms with Crippen molar-refractivity contribution >= 4 is 0 Å².